The zero-order valence-corrected chi connectivity index (χ0v) is 9.24. The quantitative estimate of drug-likeness (QED) is 0.384. The normalized spacial score (nSPS) is 18.9. The molecule has 88 valence electrons. The molecule has 1 aliphatic heterocycles. The molecule has 0 amide bonds. The van der Waals surface area contributed by atoms with E-state index in [9.17, 15) is 10.1 Å². The molecule has 0 aliphatic carbocycles. The van der Waals surface area contributed by atoms with Gasteiger partial charge in [-0.05, 0) is 11.4 Å². The molecule has 16 heavy (non-hydrogen) atoms. The van der Waals surface area contributed by atoms with Crippen LogP contribution in [0, 0.1) is 21.4 Å². The largest absolute Gasteiger partial charge is 0.269 e. The summed E-state index contributed by atoms with van der Waals surface area (Å²) in [5, 5.41) is 24.8. The molecular formula is C9H15N5O2. The Bertz CT molecular complexity index is 312. The van der Waals surface area contributed by atoms with Gasteiger partial charge in [-0.1, -0.05) is 26.2 Å². The second-order valence-electron chi connectivity index (χ2n) is 3.58. The topological polar surface area (TPSA) is 85.8 Å². The third kappa shape index (κ3) is 2.82. The first kappa shape index (κ1) is 12.2. The van der Waals surface area contributed by atoms with Crippen molar-refractivity contribution in [1.29, 1.82) is 5.26 Å². The van der Waals surface area contributed by atoms with Crippen LogP contribution in [0.3, 0.4) is 0 Å². The Morgan fingerprint density at radius 1 is 1.56 bits per heavy atom. The molecule has 0 bridgehead atoms. The summed E-state index contributed by atoms with van der Waals surface area (Å²) in [6, 6.07) is 1.87. The number of nitriles is 1. The first-order valence-electron chi connectivity index (χ1n) is 5.33. The minimum absolute atomic E-state index is 0.582. The summed E-state index contributed by atoms with van der Waals surface area (Å²) in [6.07, 6.45) is 4.40. The number of unbranched alkanes of at least 4 members (excludes halogenated alkanes) is 3. The minimum Gasteiger partial charge on any atom is -0.254 e. The van der Waals surface area contributed by atoms with Crippen molar-refractivity contribution in [1.82, 2.24) is 10.0 Å². The first-order chi connectivity index (χ1) is 7.70. The molecule has 0 aromatic rings. The van der Waals surface area contributed by atoms with Crippen molar-refractivity contribution >= 4 is 6.34 Å². The molecule has 0 spiro atoms. The zero-order valence-electron chi connectivity index (χ0n) is 9.24. The van der Waals surface area contributed by atoms with Crippen molar-refractivity contribution in [3.63, 3.8) is 0 Å². The highest BCUT2D eigenvalue weighted by molar-refractivity contribution is 5.56. The minimum atomic E-state index is -0.906. The molecule has 1 aliphatic rings. The third-order valence-electron chi connectivity index (χ3n) is 2.40. The van der Waals surface area contributed by atoms with Gasteiger partial charge in [-0.25, -0.2) is 10.1 Å². The van der Waals surface area contributed by atoms with Gasteiger partial charge in [0.15, 0.2) is 11.4 Å². The van der Waals surface area contributed by atoms with Crippen LogP contribution in [0.5, 0.6) is 0 Å². The molecule has 0 saturated carbocycles. The Morgan fingerprint density at radius 3 is 2.88 bits per heavy atom. The Kier molecular flexibility index (Phi) is 4.51. The molecule has 1 unspecified atom stereocenters. The number of hydrogen-bond acceptors (Lipinski definition) is 5. The Balaban J connectivity index is 2.41. The summed E-state index contributed by atoms with van der Waals surface area (Å²) in [7, 11) is 0. The fraction of sp³-hybridized carbons (Fsp3) is 0.778. The van der Waals surface area contributed by atoms with Gasteiger partial charge in [0.2, 0.25) is 0 Å². The summed E-state index contributed by atoms with van der Waals surface area (Å²) < 4.78 is 0. The smallest absolute Gasteiger partial charge is 0.254 e. The van der Waals surface area contributed by atoms with Crippen molar-refractivity contribution in [2.45, 2.75) is 38.8 Å². The van der Waals surface area contributed by atoms with Crippen molar-refractivity contribution in [3.05, 3.63) is 10.1 Å². The van der Waals surface area contributed by atoms with E-state index in [0.29, 0.717) is 6.54 Å². The lowest BCUT2D eigenvalue weighted by atomic mass is 10.2. The van der Waals surface area contributed by atoms with E-state index in [4.69, 9.17) is 5.26 Å². The van der Waals surface area contributed by atoms with E-state index >= 15 is 0 Å². The Hall–Kier alpha value is -1.84. The highest BCUT2D eigenvalue weighted by Crippen LogP contribution is 2.13. The molecular weight excluding hydrogens is 210 g/mol. The van der Waals surface area contributed by atoms with Gasteiger partial charge in [0.25, 0.3) is 6.17 Å². The van der Waals surface area contributed by atoms with Crippen LogP contribution >= 0.6 is 0 Å². The molecule has 7 nitrogen and oxygen atoms in total. The second kappa shape index (κ2) is 5.90. The molecule has 1 atom stereocenters. The average Bonchev–Trinajstić information content (AvgIpc) is 2.67. The van der Waals surface area contributed by atoms with Crippen LogP contribution in [0.15, 0.2) is 5.10 Å². The van der Waals surface area contributed by atoms with Crippen LogP contribution in [0.25, 0.3) is 0 Å². The Labute approximate surface area is 94.1 Å². The standard InChI is InChI=1S/C9H15N5O2/c1-2-3-4-5-6-12-9(7-10)13(8-11-12)14(15)16/h8-9H,2-6H2,1H3. The van der Waals surface area contributed by atoms with Crippen LogP contribution in [0.2, 0.25) is 0 Å². The van der Waals surface area contributed by atoms with Crippen molar-refractivity contribution in [2.75, 3.05) is 6.54 Å². The molecule has 0 saturated heterocycles. The van der Waals surface area contributed by atoms with Crippen LogP contribution in [0.4, 0.5) is 0 Å². The van der Waals surface area contributed by atoms with Crippen molar-refractivity contribution in [2.24, 2.45) is 5.10 Å². The van der Waals surface area contributed by atoms with Crippen LogP contribution < -0.4 is 0 Å². The number of hydrazine groups is 1. The van der Waals surface area contributed by atoms with E-state index in [1.807, 2.05) is 6.07 Å². The lowest BCUT2D eigenvalue weighted by molar-refractivity contribution is -0.634. The van der Waals surface area contributed by atoms with Gasteiger partial charge in [0.1, 0.15) is 6.07 Å². The van der Waals surface area contributed by atoms with E-state index < -0.39 is 11.2 Å². The summed E-state index contributed by atoms with van der Waals surface area (Å²) in [4.78, 5) is 10.6. The summed E-state index contributed by atoms with van der Waals surface area (Å²) in [5.74, 6) is 0. The first-order valence-corrected chi connectivity index (χ1v) is 5.33. The molecule has 1 heterocycles. The van der Waals surface area contributed by atoms with Gasteiger partial charge in [0, 0.05) is 6.54 Å². The van der Waals surface area contributed by atoms with Gasteiger partial charge >= 0.3 is 0 Å². The maximum atomic E-state index is 10.6. The van der Waals surface area contributed by atoms with E-state index in [0.717, 1.165) is 37.0 Å². The average molecular weight is 225 g/mol. The molecule has 0 aromatic carbocycles. The lowest BCUT2D eigenvalue weighted by Crippen LogP contribution is -2.42. The van der Waals surface area contributed by atoms with E-state index in [2.05, 4.69) is 12.0 Å². The maximum Gasteiger partial charge on any atom is 0.269 e. The van der Waals surface area contributed by atoms with Crippen molar-refractivity contribution in [3.8, 4) is 6.07 Å². The van der Waals surface area contributed by atoms with Crippen LogP contribution in [-0.2, 0) is 0 Å². The molecule has 0 aromatic heterocycles. The number of rotatable bonds is 6. The monoisotopic (exact) mass is 225 g/mol. The predicted octanol–water partition coefficient (Wildman–Crippen LogP) is 1.17. The zero-order chi connectivity index (χ0) is 12.0. The summed E-state index contributed by atoms with van der Waals surface area (Å²) >= 11 is 0. The molecule has 0 N–H and O–H groups in total. The van der Waals surface area contributed by atoms with Gasteiger partial charge in [-0.2, -0.15) is 10.4 Å². The van der Waals surface area contributed by atoms with Crippen LogP contribution in [-0.4, -0.2) is 34.1 Å². The fourth-order valence-electron chi connectivity index (χ4n) is 1.52. The number of nitrogens with zero attached hydrogens (tertiary/aromatic N) is 5. The highest BCUT2D eigenvalue weighted by Gasteiger charge is 2.35. The molecule has 0 fully saturated rings. The van der Waals surface area contributed by atoms with Gasteiger partial charge in [0.05, 0.1) is 0 Å². The van der Waals surface area contributed by atoms with Gasteiger partial charge < -0.3 is 0 Å². The van der Waals surface area contributed by atoms with E-state index in [-0.39, 0.29) is 0 Å². The Morgan fingerprint density at radius 2 is 2.31 bits per heavy atom. The fourth-order valence-corrected chi connectivity index (χ4v) is 1.52. The van der Waals surface area contributed by atoms with E-state index in [1.54, 1.807) is 0 Å². The third-order valence-corrected chi connectivity index (χ3v) is 2.40. The maximum absolute atomic E-state index is 10.6. The van der Waals surface area contributed by atoms with Crippen molar-refractivity contribution < 1.29 is 5.03 Å². The summed E-state index contributed by atoms with van der Waals surface area (Å²) in [5.41, 5.74) is 0. The molecule has 0 radical (unpaired) electrons. The van der Waals surface area contributed by atoms with Gasteiger partial charge in [-0.3, -0.25) is 5.01 Å². The van der Waals surface area contributed by atoms with E-state index in [1.165, 1.54) is 5.01 Å². The lowest BCUT2D eigenvalue weighted by Gasteiger charge is -2.18. The number of hydrogen-bond donors (Lipinski definition) is 0. The summed E-state index contributed by atoms with van der Waals surface area (Å²) in [6.45, 7) is 2.69. The highest BCUT2D eigenvalue weighted by atomic mass is 16.7. The molecule has 1 rings (SSSR count). The SMILES string of the molecule is CCCCCCN1N=CN([N+](=O)[O-])C1C#N. The molecule has 7 heteroatoms. The van der Waals surface area contributed by atoms with Gasteiger partial charge in [-0.15, -0.1) is 0 Å². The predicted molar refractivity (Wildman–Crippen MR) is 57.6 cm³/mol. The number of hydrazone groups is 1. The van der Waals surface area contributed by atoms with Crippen LogP contribution in [0.1, 0.15) is 32.6 Å². The number of nitro groups is 1. The second-order valence-corrected chi connectivity index (χ2v) is 3.58.